The summed E-state index contributed by atoms with van der Waals surface area (Å²) in [6, 6.07) is 1.51. The fourth-order valence-corrected chi connectivity index (χ4v) is 3.06. The summed E-state index contributed by atoms with van der Waals surface area (Å²) in [5.74, 6) is 0.803. The van der Waals surface area contributed by atoms with E-state index in [1.165, 1.54) is 11.3 Å². The van der Waals surface area contributed by atoms with Crippen molar-refractivity contribution >= 4 is 34.5 Å². The highest BCUT2D eigenvalue weighted by molar-refractivity contribution is 7.20. The molecule has 0 saturated heterocycles. The van der Waals surface area contributed by atoms with Gasteiger partial charge in [0.05, 0.1) is 21.3 Å². The van der Waals surface area contributed by atoms with Gasteiger partial charge in [-0.05, 0) is 25.0 Å². The van der Waals surface area contributed by atoms with E-state index < -0.39 is 0 Å². The Morgan fingerprint density at radius 3 is 2.80 bits per heavy atom. The van der Waals surface area contributed by atoms with Gasteiger partial charge in [0, 0.05) is 5.56 Å². The van der Waals surface area contributed by atoms with Crippen LogP contribution in [0.4, 0.5) is 0 Å². The minimum Gasteiger partial charge on any atom is -0.496 e. The summed E-state index contributed by atoms with van der Waals surface area (Å²) < 4.78 is 6.79. The summed E-state index contributed by atoms with van der Waals surface area (Å²) in [7, 11) is 0. The molecule has 1 aromatic rings. The predicted molar refractivity (Wildman–Crippen MR) is 64.5 cm³/mol. The molecule has 1 atom stereocenters. The Balaban J connectivity index is 2.23. The SMILES string of the molecule is NC(C1=CCCCO1)c1cc(Cl)sc1Cl. The number of rotatable bonds is 2. The van der Waals surface area contributed by atoms with Crippen molar-refractivity contribution in [3.63, 3.8) is 0 Å². The Hall–Kier alpha value is -0.220. The molecule has 1 aliphatic heterocycles. The average Bonchev–Trinajstić information content (AvgIpc) is 2.58. The molecule has 0 aromatic carbocycles. The third kappa shape index (κ3) is 2.48. The van der Waals surface area contributed by atoms with Crippen LogP contribution in [0.15, 0.2) is 17.9 Å². The van der Waals surface area contributed by atoms with Crippen molar-refractivity contribution in [1.82, 2.24) is 0 Å². The minimum atomic E-state index is -0.290. The maximum atomic E-state index is 6.05. The van der Waals surface area contributed by atoms with Gasteiger partial charge in [-0.25, -0.2) is 0 Å². The molecule has 0 radical (unpaired) electrons. The second-order valence-corrected chi connectivity index (χ2v) is 5.64. The van der Waals surface area contributed by atoms with Crippen LogP contribution in [-0.2, 0) is 4.74 Å². The van der Waals surface area contributed by atoms with Crippen molar-refractivity contribution in [1.29, 1.82) is 0 Å². The van der Waals surface area contributed by atoms with E-state index in [2.05, 4.69) is 0 Å². The number of halogens is 2. The number of hydrogen-bond donors (Lipinski definition) is 1. The molecular weight excluding hydrogens is 253 g/mol. The van der Waals surface area contributed by atoms with Crippen LogP contribution in [-0.4, -0.2) is 6.61 Å². The van der Waals surface area contributed by atoms with E-state index in [0.717, 1.165) is 30.8 Å². The van der Waals surface area contributed by atoms with Gasteiger partial charge in [-0.3, -0.25) is 0 Å². The zero-order valence-corrected chi connectivity index (χ0v) is 10.3. The van der Waals surface area contributed by atoms with Crippen molar-refractivity contribution in [3.05, 3.63) is 32.1 Å². The molecule has 2 heterocycles. The normalized spacial score (nSPS) is 18.2. The number of ether oxygens (including phenoxy) is 1. The van der Waals surface area contributed by atoms with Crippen molar-refractivity contribution in [2.45, 2.75) is 18.9 Å². The zero-order chi connectivity index (χ0) is 10.8. The smallest absolute Gasteiger partial charge is 0.113 e. The van der Waals surface area contributed by atoms with Crippen LogP contribution in [0.3, 0.4) is 0 Å². The molecule has 0 bridgehead atoms. The highest BCUT2D eigenvalue weighted by Crippen LogP contribution is 2.37. The van der Waals surface area contributed by atoms with Gasteiger partial charge >= 0.3 is 0 Å². The van der Waals surface area contributed by atoms with Crippen LogP contribution in [0, 0.1) is 0 Å². The van der Waals surface area contributed by atoms with E-state index >= 15 is 0 Å². The van der Waals surface area contributed by atoms with Gasteiger partial charge in [0.25, 0.3) is 0 Å². The standard InChI is InChI=1S/C10H11Cl2NOS/c11-8-5-6(10(12)15-8)9(13)7-3-1-2-4-14-7/h3,5,9H,1-2,4,13H2. The number of nitrogens with two attached hydrogens (primary N) is 1. The van der Waals surface area contributed by atoms with Crippen LogP contribution < -0.4 is 5.73 Å². The number of hydrogen-bond acceptors (Lipinski definition) is 3. The lowest BCUT2D eigenvalue weighted by Gasteiger charge is -2.20. The molecular formula is C10H11Cl2NOS. The third-order valence-electron chi connectivity index (χ3n) is 2.29. The molecule has 2 N–H and O–H groups in total. The lowest BCUT2D eigenvalue weighted by molar-refractivity contribution is 0.176. The molecule has 2 rings (SSSR count). The molecule has 15 heavy (non-hydrogen) atoms. The van der Waals surface area contributed by atoms with Crippen LogP contribution in [0.25, 0.3) is 0 Å². The van der Waals surface area contributed by atoms with Gasteiger partial charge < -0.3 is 10.5 Å². The maximum absolute atomic E-state index is 6.05. The minimum absolute atomic E-state index is 0.290. The Morgan fingerprint density at radius 1 is 1.47 bits per heavy atom. The number of thiophene rings is 1. The molecule has 0 fully saturated rings. The zero-order valence-electron chi connectivity index (χ0n) is 8.00. The molecule has 1 aliphatic rings. The highest BCUT2D eigenvalue weighted by atomic mass is 35.5. The van der Waals surface area contributed by atoms with Crippen molar-refractivity contribution < 1.29 is 4.74 Å². The van der Waals surface area contributed by atoms with Gasteiger partial charge in [0.2, 0.25) is 0 Å². The Bertz CT molecular complexity index is 389. The summed E-state index contributed by atoms with van der Waals surface area (Å²) in [5.41, 5.74) is 6.90. The molecule has 5 heteroatoms. The van der Waals surface area contributed by atoms with E-state index in [4.69, 9.17) is 33.7 Å². The van der Waals surface area contributed by atoms with E-state index in [1.807, 2.05) is 6.08 Å². The van der Waals surface area contributed by atoms with Gasteiger partial charge in [-0.15, -0.1) is 11.3 Å². The molecule has 0 spiro atoms. The molecule has 1 unspecified atom stereocenters. The summed E-state index contributed by atoms with van der Waals surface area (Å²) >= 11 is 13.2. The summed E-state index contributed by atoms with van der Waals surface area (Å²) in [6.45, 7) is 0.731. The molecule has 82 valence electrons. The molecule has 2 nitrogen and oxygen atoms in total. The molecule has 1 aromatic heterocycles. The first-order chi connectivity index (χ1) is 7.18. The van der Waals surface area contributed by atoms with Crippen LogP contribution in [0.1, 0.15) is 24.4 Å². The van der Waals surface area contributed by atoms with Gasteiger partial charge in [-0.2, -0.15) is 0 Å². The maximum Gasteiger partial charge on any atom is 0.113 e. The predicted octanol–water partition coefficient (Wildman–Crippen LogP) is 3.75. The third-order valence-corrected chi connectivity index (χ3v) is 3.81. The second kappa shape index (κ2) is 4.74. The molecule has 0 amide bonds. The van der Waals surface area contributed by atoms with Crippen LogP contribution in [0.2, 0.25) is 8.67 Å². The summed E-state index contributed by atoms with van der Waals surface area (Å²) in [6.07, 6.45) is 4.09. The lowest BCUT2D eigenvalue weighted by atomic mass is 10.1. The largest absolute Gasteiger partial charge is 0.496 e. The van der Waals surface area contributed by atoms with Gasteiger partial charge in [0.15, 0.2) is 0 Å². The van der Waals surface area contributed by atoms with Crippen LogP contribution >= 0.6 is 34.5 Å². The van der Waals surface area contributed by atoms with E-state index in [-0.39, 0.29) is 6.04 Å². The van der Waals surface area contributed by atoms with Crippen molar-refractivity contribution in [3.8, 4) is 0 Å². The first-order valence-corrected chi connectivity index (χ1v) is 6.29. The second-order valence-electron chi connectivity index (χ2n) is 3.35. The van der Waals surface area contributed by atoms with E-state index in [1.54, 1.807) is 6.07 Å². The highest BCUT2D eigenvalue weighted by Gasteiger charge is 2.20. The fraction of sp³-hybridized carbons (Fsp3) is 0.400. The molecule has 0 aliphatic carbocycles. The summed E-state index contributed by atoms with van der Waals surface area (Å²) in [4.78, 5) is 0. The Labute approximate surface area is 103 Å². The fourth-order valence-electron chi connectivity index (χ4n) is 1.51. The Morgan fingerprint density at radius 2 is 2.27 bits per heavy atom. The topological polar surface area (TPSA) is 35.2 Å². The van der Waals surface area contributed by atoms with Crippen LogP contribution in [0.5, 0.6) is 0 Å². The summed E-state index contributed by atoms with van der Waals surface area (Å²) in [5, 5.41) is 0. The van der Waals surface area contributed by atoms with E-state index in [9.17, 15) is 0 Å². The first kappa shape index (κ1) is 11.3. The average molecular weight is 264 g/mol. The quantitative estimate of drug-likeness (QED) is 0.882. The van der Waals surface area contributed by atoms with Crippen molar-refractivity contribution in [2.75, 3.05) is 6.61 Å². The Kier molecular flexibility index (Phi) is 3.57. The monoisotopic (exact) mass is 263 g/mol. The van der Waals surface area contributed by atoms with Gasteiger partial charge in [-0.1, -0.05) is 23.2 Å². The van der Waals surface area contributed by atoms with E-state index in [0.29, 0.717) is 8.67 Å². The first-order valence-electron chi connectivity index (χ1n) is 4.71. The number of allylic oxidation sites excluding steroid dienone is 1. The molecule has 0 saturated carbocycles. The van der Waals surface area contributed by atoms with Crippen molar-refractivity contribution in [2.24, 2.45) is 5.73 Å². The van der Waals surface area contributed by atoms with Gasteiger partial charge in [0.1, 0.15) is 5.76 Å². The lowest BCUT2D eigenvalue weighted by Crippen LogP contribution is -2.17.